The Hall–Kier alpha value is -2.88. The van der Waals surface area contributed by atoms with Gasteiger partial charge in [0.15, 0.2) is 6.29 Å². The predicted molar refractivity (Wildman–Crippen MR) is 290 cm³/mol. The van der Waals surface area contributed by atoms with Gasteiger partial charge < -0.3 is 9.47 Å². The molecular weight excluding hydrogens is 710 g/mol. The molecule has 0 aliphatic carbocycles. The maximum atomic E-state index is 14.5. The Morgan fingerprint density at radius 3 is 2.14 bits per heavy atom. The lowest BCUT2D eigenvalue weighted by molar-refractivity contribution is -0.310. The number of amides is 1. The van der Waals surface area contributed by atoms with Gasteiger partial charge in [0.25, 0.3) is 5.91 Å². The number of carbonyl (C=O) groups excluding carboxylic acids is 1. The summed E-state index contributed by atoms with van der Waals surface area (Å²) in [5.74, 6) is -1.92. The van der Waals surface area contributed by atoms with Crippen molar-refractivity contribution in [3.63, 3.8) is 0 Å². The van der Waals surface area contributed by atoms with E-state index in [4.69, 9.17) is 18.5 Å². The second kappa shape index (κ2) is 14.2. The molecule has 51 heavy (non-hydrogen) atoms. The van der Waals surface area contributed by atoms with Crippen LogP contribution in [0.5, 0.6) is 0 Å². The van der Waals surface area contributed by atoms with E-state index in [2.05, 4.69) is 5.10 Å². The molecule has 0 bridgehead atoms. The van der Waals surface area contributed by atoms with E-state index in [9.17, 15) is 40.1 Å². The van der Waals surface area contributed by atoms with Crippen molar-refractivity contribution in [2.45, 2.75) is 104 Å². The first-order valence-electron chi connectivity index (χ1n) is 16.1. The van der Waals surface area contributed by atoms with Gasteiger partial charge in [-0.1, -0.05) is 19.9 Å². The number of aryl methyl sites for hydroxylation is 1. The maximum absolute atomic E-state index is 14.5. The molecule has 0 saturated carbocycles. The van der Waals surface area contributed by atoms with Crippen molar-refractivity contribution in [2.24, 2.45) is 11.0 Å². The molecule has 2 aliphatic rings. The molecule has 2 heterocycles. The highest BCUT2D eigenvalue weighted by atomic mass is 31.2. The summed E-state index contributed by atoms with van der Waals surface area (Å²) >= 11 is 0. The lowest BCUT2D eigenvalue weighted by Gasteiger charge is -2.56. The van der Waals surface area contributed by atoms with E-state index in [1.807, 2.05) is 18.7 Å². The third-order valence-electron chi connectivity index (χ3n) is 10.1. The third kappa shape index (κ3) is 7.77. The van der Waals surface area contributed by atoms with E-state index < -0.39 is 84.0 Å². The third-order valence-corrected chi connectivity index (χ3v) is 11.8. The van der Waals surface area contributed by atoms with Gasteiger partial charge in [-0.25, -0.2) is 8.96 Å². The number of morpholine rings is 1. The van der Waals surface area contributed by atoms with Gasteiger partial charge in [-0.3, -0.25) is 18.7 Å². The van der Waals surface area contributed by atoms with Crippen LogP contribution in [0.1, 0.15) is 166 Å². The molecule has 1 unspecified atom stereocenters. The minimum absolute atomic E-state index is 0. The first-order chi connectivity index (χ1) is 23.3. The molecule has 9 nitrogen and oxygen atoms in total. The van der Waals surface area contributed by atoms with Crippen molar-refractivity contribution in [1.82, 2.24) is 9.68 Å². The summed E-state index contributed by atoms with van der Waals surface area (Å²) in [5.41, 5.74) is -5.26. The summed E-state index contributed by atoms with van der Waals surface area (Å²) < 4.78 is 136. The lowest BCUT2D eigenvalue weighted by Crippen LogP contribution is -2.64. The summed E-state index contributed by atoms with van der Waals surface area (Å²) in [6.45, 7) is 12.7. The number of rotatable bonds is 10. The number of hydrogen-bond acceptors (Lipinski definition) is 8. The highest BCUT2D eigenvalue weighted by Gasteiger charge is 2.53. The first-order valence-corrected chi connectivity index (χ1v) is 17.6. The van der Waals surface area contributed by atoms with Crippen LogP contribution < -0.4 is 0 Å². The van der Waals surface area contributed by atoms with Gasteiger partial charge >= 0.3 is 20.1 Å². The Labute approximate surface area is 374 Å². The topological polar surface area (TPSA) is 89.9 Å². The van der Waals surface area contributed by atoms with Crippen molar-refractivity contribution in [3.8, 4) is 0 Å². The molecule has 1 saturated heterocycles. The molecule has 2 aliphatic heterocycles. The molecular formula is C34H153F7N3O6P. The number of alkyl halides is 6. The number of hydrazone groups is 1. The fourth-order valence-corrected chi connectivity index (χ4v) is 7.51. The molecule has 2 aromatic carbocycles. The van der Waals surface area contributed by atoms with Crippen LogP contribution in [0.4, 0.5) is 30.7 Å². The van der Waals surface area contributed by atoms with Gasteiger partial charge in [0.1, 0.15) is 5.82 Å². The number of hydrogen-bond donors (Lipinski definition) is 0. The molecule has 0 N–H and O–H groups in total. The van der Waals surface area contributed by atoms with E-state index in [1.165, 1.54) is 25.1 Å². The Kier molecular flexibility index (Phi) is 11.4. The van der Waals surface area contributed by atoms with Crippen molar-refractivity contribution < 1.29 is 137 Å². The van der Waals surface area contributed by atoms with E-state index in [-0.39, 0.29) is 109 Å². The molecule has 1 fully saturated rings. The molecule has 4 rings (SSSR count). The molecule has 0 radical (unpaired) electrons. The number of carbonyl (C=O) groups is 1. The Morgan fingerprint density at radius 1 is 1.04 bits per heavy atom. The molecule has 0 spiro atoms. The molecule has 4 atom stereocenters. The SMILES string of the molecule is COP(=O)(OC)N1N=C(CN2[C@@H](c3ccc(F)cc3C)[C@@H](O[C@@](C)(c3cc(C(F)(F)F)cc(C(F)(F)F)c3C)C(C)C)OC(C)C2(C)C)CC1=O.[HH].[HH].[HH].[HH].[HH].[HH].[HH].[HH].[HH].[HH].[HH].[HH].[HH].[HH].[HH].[HH].[HH].[HH].[HH].[HH].[HH].[HH].[HH].[HH].[HH].[HH].[HH].[HH].[HH].[HH].[HH].[HH].[HH].[HH].[HH].[HH].[HH].[HH].[HH].[HH].[HH].[HH].[HH].[HH].[HH].[HH].[HH].[HH].[HH].[HH].[HH].[HH].[HH].[HH].[HH]. The normalized spacial score (nSPS) is 23.2. The maximum Gasteiger partial charge on any atom is 0.457 e. The number of halogens is 7. The largest absolute Gasteiger partial charge is 0.457 e. The van der Waals surface area contributed by atoms with E-state index in [0.717, 1.165) is 21.1 Å². The Bertz CT molecular complexity index is 1830. The van der Waals surface area contributed by atoms with Gasteiger partial charge in [-0.15, -0.1) is 4.78 Å². The standard InChI is InChI=1S/C34H43F7N3O6P.55H2/c1-18(2)32(8,26-14-22(33(36,37)38)15-27(20(26)4)34(39,40)41)50-30-29(25-12-11-23(35)13-19(25)3)43(31(6,7)21(5)49-30)17-24-16-28(45)44(42-24)51(46,47-9)48-10;;;;;;;;;;;;;;;;;;;;;;;;;;;;;;;;;;;;;;;;;;;;;;;;;;;;;;;/h11-15,18,21,29-30H,16-17H2,1-10H3;55*1H/t21?,29-,30+,32+;;;;;;;;;;;;;;;;;;;;;;;;;;;;;;;;;;;;;;;;;;;;;;;;;;;;;;;/m0......................................................./s1. The van der Waals surface area contributed by atoms with Crippen molar-refractivity contribution in [1.29, 1.82) is 0 Å². The van der Waals surface area contributed by atoms with Crippen LogP contribution in [0.2, 0.25) is 0 Å². The smallest absolute Gasteiger partial charge is 0.346 e. The van der Waals surface area contributed by atoms with Crippen LogP contribution in [0.15, 0.2) is 35.4 Å². The zero-order valence-electron chi connectivity index (χ0n) is 30.0. The van der Waals surface area contributed by atoms with Gasteiger partial charge in [0.05, 0.1) is 41.0 Å². The lowest BCUT2D eigenvalue weighted by atomic mass is 9.79. The number of nitrogens with zero attached hydrogens (tertiary/aromatic N) is 3. The van der Waals surface area contributed by atoms with Crippen LogP contribution in [0.3, 0.4) is 0 Å². The Morgan fingerprint density at radius 2 is 1.63 bits per heavy atom. The zero-order valence-corrected chi connectivity index (χ0v) is 30.9. The molecule has 17 heteroatoms. The molecule has 394 valence electrons. The predicted octanol–water partition coefficient (Wildman–Crippen LogP) is 22.5. The van der Waals surface area contributed by atoms with Crippen molar-refractivity contribution in [3.05, 3.63) is 69.5 Å². The Balaban J connectivity index is -0.0000000106. The first kappa shape index (κ1) is 40.9. The fourth-order valence-electron chi connectivity index (χ4n) is 6.48. The number of benzene rings is 2. The quantitative estimate of drug-likeness (QED) is 0.174. The van der Waals surface area contributed by atoms with Gasteiger partial charge in [-0.2, -0.15) is 31.4 Å². The summed E-state index contributed by atoms with van der Waals surface area (Å²) in [4.78, 5) is 14.8. The molecule has 0 aromatic heterocycles. The average molecular weight is 865 g/mol. The van der Waals surface area contributed by atoms with Gasteiger partial charge in [-0.05, 0) is 94.0 Å². The van der Waals surface area contributed by atoms with Crippen LogP contribution in [0.25, 0.3) is 0 Å². The van der Waals surface area contributed by atoms with E-state index >= 15 is 0 Å². The van der Waals surface area contributed by atoms with Gasteiger partial charge in [0.2, 0.25) is 0 Å². The van der Waals surface area contributed by atoms with Crippen LogP contribution in [0, 0.1) is 25.6 Å². The summed E-state index contributed by atoms with van der Waals surface area (Å²) in [6, 6.07) is 3.76. The second-order valence-corrected chi connectivity index (χ2v) is 15.9. The second-order valence-electron chi connectivity index (χ2n) is 13.8. The average Bonchev–Trinajstić information content (AvgIpc) is 3.39. The monoisotopic (exact) mass is 864 g/mol. The fraction of sp³-hybridized carbons (Fsp3) is 0.588. The number of ether oxygens (including phenoxy) is 2. The zero-order chi connectivity index (χ0) is 38.6. The van der Waals surface area contributed by atoms with Crippen LogP contribution >= 0.6 is 7.75 Å². The van der Waals surface area contributed by atoms with Crippen LogP contribution in [-0.2, 0) is 45.8 Å². The van der Waals surface area contributed by atoms with Crippen LogP contribution in [-0.4, -0.2) is 60.0 Å². The van der Waals surface area contributed by atoms with Gasteiger partial charge in [0, 0.05) is 105 Å². The summed E-state index contributed by atoms with van der Waals surface area (Å²) in [6.07, 6.45) is -12.5. The van der Waals surface area contributed by atoms with Crippen molar-refractivity contribution in [2.75, 3.05) is 20.8 Å². The minimum atomic E-state index is -5.11. The summed E-state index contributed by atoms with van der Waals surface area (Å²) in [7, 11) is -1.90. The minimum Gasteiger partial charge on any atom is -0.346 e. The highest BCUT2D eigenvalue weighted by molar-refractivity contribution is 7.52. The van der Waals surface area contributed by atoms with E-state index in [0.29, 0.717) is 22.0 Å². The van der Waals surface area contributed by atoms with E-state index in [1.54, 1.807) is 27.7 Å². The highest BCUT2D eigenvalue weighted by Crippen LogP contribution is 2.53. The molecule has 2 aromatic rings. The summed E-state index contributed by atoms with van der Waals surface area (Å²) in [5, 5.41) is 4.28. The van der Waals surface area contributed by atoms with Crippen molar-refractivity contribution >= 4 is 19.4 Å². The molecule has 1 amide bonds.